The largest absolute Gasteiger partial charge is 0.444 e. The van der Waals surface area contributed by atoms with Crippen molar-refractivity contribution in [3.8, 4) is 0 Å². The Morgan fingerprint density at radius 3 is 2.07 bits per heavy atom. The zero-order valence-electron chi connectivity index (χ0n) is 25.4. The Balaban J connectivity index is 2.09. The molecule has 7 nitrogen and oxygen atoms in total. The molecule has 0 aliphatic rings. The van der Waals surface area contributed by atoms with E-state index in [0.717, 1.165) is 27.8 Å². The van der Waals surface area contributed by atoms with Gasteiger partial charge in [-0.2, -0.15) is 0 Å². The molecule has 3 amide bonds. The van der Waals surface area contributed by atoms with Crippen molar-refractivity contribution in [1.29, 1.82) is 0 Å². The van der Waals surface area contributed by atoms with Gasteiger partial charge in [0.1, 0.15) is 17.7 Å². The zero-order valence-corrected chi connectivity index (χ0v) is 25.4. The van der Waals surface area contributed by atoms with Gasteiger partial charge in [0.2, 0.25) is 5.91 Å². The van der Waals surface area contributed by atoms with Gasteiger partial charge in [-0.1, -0.05) is 72.3 Å². The lowest BCUT2D eigenvalue weighted by atomic mass is 9.94. The van der Waals surface area contributed by atoms with Crippen LogP contribution < -0.4 is 10.6 Å². The minimum absolute atomic E-state index is 0.237. The molecule has 0 saturated carbocycles. The first-order valence-electron chi connectivity index (χ1n) is 14.1. The van der Waals surface area contributed by atoms with Crippen molar-refractivity contribution < 1.29 is 19.1 Å². The number of ether oxygens (including phenoxy) is 1. The average molecular weight is 558 g/mol. The van der Waals surface area contributed by atoms with Crippen LogP contribution >= 0.6 is 0 Å². The summed E-state index contributed by atoms with van der Waals surface area (Å²) in [6.45, 7) is 14.9. The molecule has 41 heavy (non-hydrogen) atoms. The smallest absolute Gasteiger partial charge is 0.408 e. The molecule has 3 aromatic rings. The molecule has 2 atom stereocenters. The van der Waals surface area contributed by atoms with Crippen molar-refractivity contribution in [2.24, 2.45) is 0 Å². The van der Waals surface area contributed by atoms with Crippen molar-refractivity contribution >= 4 is 23.6 Å². The van der Waals surface area contributed by atoms with E-state index < -0.39 is 23.8 Å². The van der Waals surface area contributed by atoms with Gasteiger partial charge in [0, 0.05) is 18.2 Å². The van der Waals surface area contributed by atoms with E-state index in [1.807, 2.05) is 107 Å². The molecular weight excluding hydrogens is 514 g/mol. The van der Waals surface area contributed by atoms with E-state index in [2.05, 4.69) is 10.6 Å². The Hall–Kier alpha value is -4.13. The lowest BCUT2D eigenvalue weighted by Gasteiger charge is -2.38. The third-order valence-corrected chi connectivity index (χ3v) is 6.73. The summed E-state index contributed by atoms with van der Waals surface area (Å²) in [4.78, 5) is 43.1. The average Bonchev–Trinajstić information content (AvgIpc) is 2.87. The highest BCUT2D eigenvalue weighted by atomic mass is 16.6. The van der Waals surface area contributed by atoms with Crippen LogP contribution in [0.25, 0.3) is 0 Å². The molecule has 0 bridgehead atoms. The van der Waals surface area contributed by atoms with Crippen molar-refractivity contribution in [3.63, 3.8) is 0 Å². The summed E-state index contributed by atoms with van der Waals surface area (Å²) in [6, 6.07) is 20.6. The predicted octanol–water partition coefficient (Wildman–Crippen LogP) is 6.66. The third-order valence-electron chi connectivity index (χ3n) is 6.73. The molecule has 2 unspecified atom stereocenters. The Labute approximate surface area is 244 Å². The predicted molar refractivity (Wildman–Crippen MR) is 164 cm³/mol. The van der Waals surface area contributed by atoms with Crippen LogP contribution in [0.5, 0.6) is 0 Å². The minimum Gasteiger partial charge on any atom is -0.444 e. The van der Waals surface area contributed by atoms with Gasteiger partial charge >= 0.3 is 6.09 Å². The molecule has 3 aromatic carbocycles. The number of rotatable bonds is 9. The van der Waals surface area contributed by atoms with Crippen LogP contribution in [-0.4, -0.2) is 40.5 Å². The van der Waals surface area contributed by atoms with E-state index in [4.69, 9.17) is 4.74 Å². The first-order chi connectivity index (χ1) is 19.3. The van der Waals surface area contributed by atoms with E-state index in [1.54, 1.807) is 25.7 Å². The number of carbonyl (C=O) groups excluding carboxylic acids is 3. The number of nitrogens with zero attached hydrogens (tertiary/aromatic N) is 1. The Morgan fingerprint density at radius 2 is 1.49 bits per heavy atom. The highest BCUT2D eigenvalue weighted by Gasteiger charge is 2.38. The Kier molecular flexibility index (Phi) is 10.3. The highest BCUT2D eigenvalue weighted by molar-refractivity contribution is 5.99. The maximum Gasteiger partial charge on any atom is 0.408 e. The molecular formula is C34H43N3O4. The van der Waals surface area contributed by atoms with Crippen LogP contribution in [0.15, 0.2) is 72.8 Å². The normalized spacial score (nSPS) is 12.8. The lowest BCUT2D eigenvalue weighted by Crippen LogP contribution is -2.55. The fourth-order valence-electron chi connectivity index (χ4n) is 4.82. The molecule has 0 aromatic heterocycles. The monoisotopic (exact) mass is 557 g/mol. The maximum absolute atomic E-state index is 14.5. The lowest BCUT2D eigenvalue weighted by molar-refractivity contribution is -0.142. The van der Waals surface area contributed by atoms with Crippen molar-refractivity contribution in [2.75, 3.05) is 5.32 Å². The van der Waals surface area contributed by atoms with Gasteiger partial charge in [0.25, 0.3) is 5.91 Å². The second-order valence-corrected chi connectivity index (χ2v) is 11.8. The molecule has 0 radical (unpaired) electrons. The van der Waals surface area contributed by atoms with Gasteiger partial charge in [0.05, 0.1) is 0 Å². The van der Waals surface area contributed by atoms with Gasteiger partial charge in [-0.15, -0.1) is 0 Å². The van der Waals surface area contributed by atoms with E-state index in [9.17, 15) is 14.4 Å². The molecule has 7 heteroatoms. The van der Waals surface area contributed by atoms with Crippen LogP contribution in [0, 0.1) is 20.8 Å². The topological polar surface area (TPSA) is 87.7 Å². The molecule has 3 rings (SSSR count). The quantitative estimate of drug-likeness (QED) is 0.308. The molecule has 0 spiro atoms. The number of alkyl carbamates (subject to hydrolysis) is 1. The fourth-order valence-corrected chi connectivity index (χ4v) is 4.82. The van der Waals surface area contributed by atoms with Crippen LogP contribution in [0.2, 0.25) is 0 Å². The van der Waals surface area contributed by atoms with Crippen molar-refractivity contribution in [1.82, 2.24) is 10.2 Å². The molecule has 0 aliphatic heterocycles. The molecule has 2 N–H and O–H groups in total. The molecule has 218 valence electrons. The summed E-state index contributed by atoms with van der Waals surface area (Å²) in [5.74, 6) is -0.705. The number of hydrogen-bond acceptors (Lipinski definition) is 4. The number of carbonyl (C=O) groups is 3. The molecule has 0 heterocycles. The number of para-hydroxylation sites is 1. The highest BCUT2D eigenvalue weighted by Crippen LogP contribution is 2.30. The van der Waals surface area contributed by atoms with Gasteiger partial charge < -0.3 is 20.3 Å². The summed E-state index contributed by atoms with van der Waals surface area (Å²) in [6.07, 6.45) is -0.454. The number of nitrogens with one attached hydrogen (secondary N) is 2. The second kappa shape index (κ2) is 13.5. The summed E-state index contributed by atoms with van der Waals surface area (Å²) >= 11 is 0. The van der Waals surface area contributed by atoms with Gasteiger partial charge in [0.15, 0.2) is 0 Å². The van der Waals surface area contributed by atoms with Crippen LogP contribution in [0.3, 0.4) is 0 Å². The Bertz CT molecular complexity index is 1360. The summed E-state index contributed by atoms with van der Waals surface area (Å²) in [7, 11) is 0. The first-order valence-corrected chi connectivity index (χ1v) is 14.1. The number of benzene rings is 3. The molecule has 0 fully saturated rings. The van der Waals surface area contributed by atoms with E-state index in [1.165, 1.54) is 0 Å². The SMILES string of the molecule is Cc1ccc(C(C(=O)Nc2ccccc2C)N(C(=O)C(Cc2ccccc2)NC(=O)OC(C)(C)C)C(C)C)c(C)c1. The number of aryl methyl sites for hydroxylation is 3. The summed E-state index contributed by atoms with van der Waals surface area (Å²) in [5, 5.41) is 5.86. The Morgan fingerprint density at radius 1 is 0.854 bits per heavy atom. The maximum atomic E-state index is 14.5. The number of amides is 3. The zero-order chi connectivity index (χ0) is 30.3. The standard InChI is InChI=1S/C34H43N3O4/c1-22(2)37(32(39)29(21-26-15-10-9-11-16-26)36-33(40)41-34(6,7)8)30(27-19-18-23(3)20-25(27)5)31(38)35-28-17-13-12-14-24(28)4/h9-20,22,29-30H,21H2,1-8H3,(H,35,38)(H,36,40). The van der Waals surface area contributed by atoms with E-state index >= 15 is 0 Å². The van der Waals surface area contributed by atoms with Crippen molar-refractivity contribution in [2.45, 2.75) is 85.5 Å². The number of hydrogen-bond donors (Lipinski definition) is 2. The van der Waals surface area contributed by atoms with Crippen LogP contribution in [0.1, 0.15) is 68.5 Å². The fraction of sp³-hybridized carbons (Fsp3) is 0.382. The summed E-state index contributed by atoms with van der Waals surface area (Å²) in [5.41, 5.74) is 4.40. The minimum atomic E-state index is -0.964. The van der Waals surface area contributed by atoms with Crippen molar-refractivity contribution in [3.05, 3.63) is 101 Å². The van der Waals surface area contributed by atoms with Gasteiger partial charge in [-0.3, -0.25) is 9.59 Å². The number of anilines is 1. The second-order valence-electron chi connectivity index (χ2n) is 11.8. The molecule has 0 saturated heterocycles. The van der Waals surface area contributed by atoms with Gasteiger partial charge in [-0.25, -0.2) is 4.79 Å². The van der Waals surface area contributed by atoms with Crippen LogP contribution in [-0.2, 0) is 20.7 Å². The first kappa shape index (κ1) is 31.4. The molecule has 0 aliphatic carbocycles. The van der Waals surface area contributed by atoms with Crippen LogP contribution in [0.4, 0.5) is 10.5 Å². The third kappa shape index (κ3) is 8.68. The van der Waals surface area contributed by atoms with Gasteiger partial charge in [-0.05, 0) is 83.7 Å². The summed E-state index contributed by atoms with van der Waals surface area (Å²) < 4.78 is 5.51. The van der Waals surface area contributed by atoms with E-state index in [-0.39, 0.29) is 24.3 Å². The van der Waals surface area contributed by atoms with E-state index in [0.29, 0.717) is 5.69 Å².